The first kappa shape index (κ1) is 23.9. The van der Waals surface area contributed by atoms with Gasteiger partial charge in [0.15, 0.2) is 0 Å². The van der Waals surface area contributed by atoms with E-state index >= 15 is 0 Å². The minimum atomic E-state index is -0.162. The number of benzene rings is 1. The number of carbonyl (C=O) groups excluding carboxylic acids is 3. The minimum absolute atomic E-state index is 0.0722. The first-order valence-electron chi connectivity index (χ1n) is 11.6. The third kappa shape index (κ3) is 8.56. The fraction of sp³-hybridized carbons (Fsp3) is 0.625. The van der Waals surface area contributed by atoms with Gasteiger partial charge in [0.05, 0.1) is 0 Å². The zero-order valence-corrected chi connectivity index (χ0v) is 18.5. The summed E-state index contributed by atoms with van der Waals surface area (Å²) in [6, 6.07) is 5.31. The molecule has 0 aromatic heterocycles. The van der Waals surface area contributed by atoms with Gasteiger partial charge in [0, 0.05) is 35.8 Å². The Balaban J connectivity index is 2.10. The van der Waals surface area contributed by atoms with Crippen molar-refractivity contribution in [3.63, 3.8) is 0 Å². The Morgan fingerprint density at radius 2 is 1.30 bits per heavy atom. The Kier molecular flexibility index (Phi) is 10.4. The van der Waals surface area contributed by atoms with Gasteiger partial charge in [-0.15, -0.1) is 0 Å². The van der Waals surface area contributed by atoms with Crippen molar-refractivity contribution in [3.8, 4) is 0 Å². The SMILES string of the molecule is CCCCCC(=O)Nc1cc(NC(=O)CCCCC)cc(C(=O)NC2CCCC2)c1. The fourth-order valence-corrected chi connectivity index (χ4v) is 3.76. The molecule has 1 fully saturated rings. The molecule has 1 saturated carbocycles. The van der Waals surface area contributed by atoms with Crippen LogP contribution in [-0.2, 0) is 9.59 Å². The lowest BCUT2D eigenvalue weighted by atomic mass is 10.1. The Morgan fingerprint density at radius 3 is 1.77 bits per heavy atom. The van der Waals surface area contributed by atoms with Gasteiger partial charge in [-0.2, -0.15) is 0 Å². The zero-order valence-electron chi connectivity index (χ0n) is 18.5. The Morgan fingerprint density at radius 1 is 0.800 bits per heavy atom. The molecule has 3 N–H and O–H groups in total. The van der Waals surface area contributed by atoms with Crippen molar-refractivity contribution in [1.29, 1.82) is 0 Å². The maximum atomic E-state index is 12.8. The van der Waals surface area contributed by atoms with Crippen molar-refractivity contribution in [3.05, 3.63) is 23.8 Å². The number of hydrogen-bond donors (Lipinski definition) is 3. The molecule has 0 atom stereocenters. The van der Waals surface area contributed by atoms with Crippen molar-refractivity contribution >= 4 is 29.1 Å². The van der Waals surface area contributed by atoms with E-state index in [1.807, 2.05) is 0 Å². The molecular formula is C24H37N3O3. The largest absolute Gasteiger partial charge is 0.349 e. The van der Waals surface area contributed by atoms with Crippen LogP contribution in [0.3, 0.4) is 0 Å². The van der Waals surface area contributed by atoms with Gasteiger partial charge >= 0.3 is 0 Å². The molecule has 0 bridgehead atoms. The summed E-state index contributed by atoms with van der Waals surface area (Å²) >= 11 is 0. The number of hydrogen-bond acceptors (Lipinski definition) is 3. The van der Waals surface area contributed by atoms with Gasteiger partial charge in [0.1, 0.15) is 0 Å². The maximum Gasteiger partial charge on any atom is 0.251 e. The lowest BCUT2D eigenvalue weighted by Crippen LogP contribution is -2.32. The van der Waals surface area contributed by atoms with Gasteiger partial charge in [-0.05, 0) is 43.9 Å². The molecule has 0 spiro atoms. The first-order valence-corrected chi connectivity index (χ1v) is 11.6. The number of anilines is 2. The Bertz CT molecular complexity index is 669. The molecule has 1 aliphatic carbocycles. The van der Waals surface area contributed by atoms with E-state index < -0.39 is 0 Å². The third-order valence-electron chi connectivity index (χ3n) is 5.47. The molecule has 6 heteroatoms. The van der Waals surface area contributed by atoms with E-state index in [0.29, 0.717) is 29.8 Å². The van der Waals surface area contributed by atoms with Crippen molar-refractivity contribution in [2.75, 3.05) is 10.6 Å². The summed E-state index contributed by atoms with van der Waals surface area (Å²) in [5, 5.41) is 8.85. The van der Waals surface area contributed by atoms with E-state index in [0.717, 1.165) is 64.2 Å². The lowest BCUT2D eigenvalue weighted by Gasteiger charge is -2.15. The van der Waals surface area contributed by atoms with E-state index in [1.165, 1.54) is 0 Å². The molecule has 3 amide bonds. The molecule has 30 heavy (non-hydrogen) atoms. The van der Waals surface area contributed by atoms with Crippen molar-refractivity contribution in [2.45, 2.75) is 96.9 Å². The molecule has 0 unspecified atom stereocenters. The highest BCUT2D eigenvalue weighted by Crippen LogP contribution is 2.22. The van der Waals surface area contributed by atoms with E-state index in [1.54, 1.807) is 18.2 Å². The van der Waals surface area contributed by atoms with Crippen LogP contribution in [0.2, 0.25) is 0 Å². The van der Waals surface area contributed by atoms with Crippen LogP contribution in [0.15, 0.2) is 18.2 Å². The first-order chi connectivity index (χ1) is 14.5. The average molecular weight is 416 g/mol. The molecule has 0 aliphatic heterocycles. The predicted molar refractivity (Wildman–Crippen MR) is 122 cm³/mol. The molecule has 1 aromatic carbocycles. The second-order valence-corrected chi connectivity index (χ2v) is 8.26. The summed E-state index contributed by atoms with van der Waals surface area (Å²) in [5.41, 5.74) is 1.54. The summed E-state index contributed by atoms with van der Waals surface area (Å²) < 4.78 is 0. The topological polar surface area (TPSA) is 87.3 Å². The van der Waals surface area contributed by atoms with Gasteiger partial charge in [-0.25, -0.2) is 0 Å². The molecule has 0 saturated heterocycles. The third-order valence-corrected chi connectivity index (χ3v) is 5.47. The average Bonchev–Trinajstić information content (AvgIpc) is 3.21. The van der Waals surface area contributed by atoms with Crippen LogP contribution in [0.5, 0.6) is 0 Å². The molecule has 1 aromatic rings. The van der Waals surface area contributed by atoms with Crippen molar-refractivity contribution in [2.24, 2.45) is 0 Å². The van der Waals surface area contributed by atoms with Gasteiger partial charge < -0.3 is 16.0 Å². The highest BCUT2D eigenvalue weighted by atomic mass is 16.2. The normalized spacial score (nSPS) is 13.8. The van der Waals surface area contributed by atoms with Crippen LogP contribution >= 0.6 is 0 Å². The van der Waals surface area contributed by atoms with Crippen LogP contribution in [0.4, 0.5) is 11.4 Å². The quantitative estimate of drug-likeness (QED) is 0.400. The number of carbonyl (C=O) groups is 3. The van der Waals surface area contributed by atoms with Crippen molar-refractivity contribution in [1.82, 2.24) is 5.32 Å². The smallest absolute Gasteiger partial charge is 0.251 e. The van der Waals surface area contributed by atoms with Gasteiger partial charge in [-0.3, -0.25) is 14.4 Å². The van der Waals surface area contributed by atoms with Crippen LogP contribution in [0, 0.1) is 0 Å². The summed E-state index contributed by atoms with van der Waals surface area (Å²) in [4.78, 5) is 37.3. The Labute approximate surface area is 180 Å². The number of rotatable bonds is 12. The Hall–Kier alpha value is -2.37. The van der Waals surface area contributed by atoms with Crippen LogP contribution in [-0.4, -0.2) is 23.8 Å². The molecular weight excluding hydrogens is 378 g/mol. The summed E-state index contributed by atoms with van der Waals surface area (Å²) in [5.74, 6) is -0.306. The van der Waals surface area contributed by atoms with Crippen molar-refractivity contribution < 1.29 is 14.4 Å². The number of nitrogens with one attached hydrogen (secondary N) is 3. The summed E-state index contributed by atoms with van der Waals surface area (Å²) in [7, 11) is 0. The fourth-order valence-electron chi connectivity index (χ4n) is 3.76. The monoisotopic (exact) mass is 415 g/mol. The standard InChI is InChI=1S/C24H37N3O3/c1-3-5-7-13-22(28)25-20-15-18(24(30)27-19-11-9-10-12-19)16-21(17-20)26-23(29)14-8-6-4-2/h15-17,19H,3-14H2,1-2H3,(H,25,28)(H,26,29)(H,27,30). The predicted octanol–water partition coefficient (Wildman–Crippen LogP) is 5.40. The van der Waals surface area contributed by atoms with Crippen LogP contribution < -0.4 is 16.0 Å². The summed E-state index contributed by atoms with van der Waals surface area (Å²) in [6.45, 7) is 4.19. The molecule has 166 valence electrons. The van der Waals surface area contributed by atoms with E-state index in [2.05, 4.69) is 29.8 Å². The zero-order chi connectivity index (χ0) is 21.8. The van der Waals surface area contributed by atoms with E-state index in [-0.39, 0.29) is 23.8 Å². The maximum absolute atomic E-state index is 12.8. The van der Waals surface area contributed by atoms with E-state index in [9.17, 15) is 14.4 Å². The lowest BCUT2D eigenvalue weighted by molar-refractivity contribution is -0.117. The minimum Gasteiger partial charge on any atom is -0.349 e. The molecule has 2 rings (SSSR count). The highest BCUT2D eigenvalue weighted by molar-refractivity contribution is 6.00. The molecule has 0 radical (unpaired) electrons. The second-order valence-electron chi connectivity index (χ2n) is 8.26. The van der Waals surface area contributed by atoms with Gasteiger partial charge in [0.25, 0.3) is 5.91 Å². The van der Waals surface area contributed by atoms with Gasteiger partial charge in [-0.1, -0.05) is 52.4 Å². The highest BCUT2D eigenvalue weighted by Gasteiger charge is 2.19. The van der Waals surface area contributed by atoms with Gasteiger partial charge in [0.2, 0.25) is 11.8 Å². The molecule has 0 heterocycles. The van der Waals surface area contributed by atoms with Crippen LogP contribution in [0.25, 0.3) is 0 Å². The number of unbranched alkanes of at least 4 members (excludes halogenated alkanes) is 4. The molecule has 6 nitrogen and oxygen atoms in total. The van der Waals surface area contributed by atoms with Crippen LogP contribution in [0.1, 0.15) is 101 Å². The second kappa shape index (κ2) is 13.0. The summed E-state index contributed by atoms with van der Waals surface area (Å²) in [6.07, 6.45) is 11.0. The van der Waals surface area contributed by atoms with E-state index in [4.69, 9.17) is 0 Å². The number of amides is 3. The molecule has 1 aliphatic rings.